The minimum absolute atomic E-state index is 0.491. The zero-order chi connectivity index (χ0) is 11.5. The predicted octanol–water partition coefficient (Wildman–Crippen LogP) is 1.88. The lowest BCUT2D eigenvalue weighted by Gasteiger charge is -2.03. The Morgan fingerprint density at radius 1 is 1.44 bits per heavy atom. The van der Waals surface area contributed by atoms with E-state index in [9.17, 15) is 0 Å². The van der Waals surface area contributed by atoms with Crippen molar-refractivity contribution < 1.29 is 4.42 Å². The number of pyridine rings is 1. The van der Waals surface area contributed by atoms with E-state index in [2.05, 4.69) is 15.3 Å². The van der Waals surface area contributed by atoms with Crippen LogP contribution in [0.15, 0.2) is 22.7 Å². The number of hydrogen-bond donors (Lipinski definition) is 2. The maximum Gasteiger partial charge on any atom is 0.213 e. The maximum atomic E-state index is 5.57. The van der Waals surface area contributed by atoms with Gasteiger partial charge in [-0.3, -0.25) is 0 Å². The van der Waals surface area contributed by atoms with Crippen molar-refractivity contribution in [3.63, 3.8) is 0 Å². The van der Waals surface area contributed by atoms with E-state index >= 15 is 0 Å². The Labute approximate surface area is 93.7 Å². The number of nitrogens with one attached hydrogen (secondary N) is 1. The quantitative estimate of drug-likeness (QED) is 0.822. The Morgan fingerprint density at radius 2 is 2.25 bits per heavy atom. The molecule has 2 heterocycles. The fraction of sp³-hybridized carbons (Fsp3) is 0.273. The molecule has 0 atom stereocenters. The van der Waals surface area contributed by atoms with Crippen LogP contribution in [0.3, 0.4) is 0 Å². The maximum absolute atomic E-state index is 5.57. The topological polar surface area (TPSA) is 77.0 Å². The van der Waals surface area contributed by atoms with Crippen molar-refractivity contribution in [1.29, 1.82) is 0 Å². The zero-order valence-electron chi connectivity index (χ0n) is 9.32. The van der Waals surface area contributed by atoms with E-state index in [0.717, 1.165) is 17.1 Å². The molecular formula is C11H14N4O. The second-order valence-electron chi connectivity index (χ2n) is 3.57. The van der Waals surface area contributed by atoms with E-state index in [1.807, 2.05) is 19.9 Å². The molecule has 2 aromatic heterocycles. The van der Waals surface area contributed by atoms with Gasteiger partial charge in [-0.05, 0) is 19.9 Å². The summed E-state index contributed by atoms with van der Waals surface area (Å²) in [6.45, 7) is 4.36. The summed E-state index contributed by atoms with van der Waals surface area (Å²) in [7, 11) is 0. The van der Waals surface area contributed by atoms with Gasteiger partial charge in [0, 0.05) is 18.0 Å². The summed E-state index contributed by atoms with van der Waals surface area (Å²) in [6.07, 6.45) is 1.66. The Morgan fingerprint density at radius 3 is 2.88 bits per heavy atom. The fourth-order valence-corrected chi connectivity index (χ4v) is 1.35. The molecule has 0 spiro atoms. The van der Waals surface area contributed by atoms with Gasteiger partial charge in [0.1, 0.15) is 11.6 Å². The monoisotopic (exact) mass is 218 g/mol. The van der Waals surface area contributed by atoms with Crippen molar-refractivity contribution in [3.05, 3.63) is 35.7 Å². The van der Waals surface area contributed by atoms with Gasteiger partial charge in [-0.2, -0.15) is 0 Å². The van der Waals surface area contributed by atoms with Gasteiger partial charge in [-0.1, -0.05) is 0 Å². The molecule has 0 unspecified atom stereocenters. The van der Waals surface area contributed by atoms with Gasteiger partial charge in [0.05, 0.1) is 12.2 Å². The summed E-state index contributed by atoms with van der Waals surface area (Å²) in [5.41, 5.74) is 7.39. The molecule has 0 aromatic carbocycles. The largest absolute Gasteiger partial charge is 0.444 e. The van der Waals surface area contributed by atoms with E-state index in [1.165, 1.54) is 0 Å². The highest BCUT2D eigenvalue weighted by atomic mass is 16.4. The van der Waals surface area contributed by atoms with E-state index in [1.54, 1.807) is 12.3 Å². The minimum atomic E-state index is 0.491. The van der Waals surface area contributed by atoms with E-state index in [0.29, 0.717) is 18.3 Å². The highest BCUT2D eigenvalue weighted by Crippen LogP contribution is 2.12. The van der Waals surface area contributed by atoms with Gasteiger partial charge in [0.15, 0.2) is 0 Å². The molecule has 0 saturated heterocycles. The fourth-order valence-electron chi connectivity index (χ4n) is 1.35. The highest BCUT2D eigenvalue weighted by molar-refractivity contribution is 5.49. The molecule has 0 radical (unpaired) electrons. The molecule has 0 bridgehead atoms. The van der Waals surface area contributed by atoms with Crippen molar-refractivity contribution >= 4 is 11.5 Å². The number of nitrogens with zero attached hydrogens (tertiary/aromatic N) is 2. The van der Waals surface area contributed by atoms with Crippen LogP contribution >= 0.6 is 0 Å². The summed E-state index contributed by atoms with van der Waals surface area (Å²) >= 11 is 0. The van der Waals surface area contributed by atoms with Crippen LogP contribution in [-0.2, 0) is 6.54 Å². The molecule has 0 aliphatic heterocycles. The number of oxazole rings is 1. The molecule has 0 saturated carbocycles. The van der Waals surface area contributed by atoms with Crippen molar-refractivity contribution in [2.75, 3.05) is 11.1 Å². The zero-order valence-corrected chi connectivity index (χ0v) is 9.32. The van der Waals surface area contributed by atoms with Crippen LogP contribution in [-0.4, -0.2) is 9.97 Å². The molecule has 5 nitrogen and oxygen atoms in total. The van der Waals surface area contributed by atoms with Crippen molar-refractivity contribution in [2.45, 2.75) is 20.4 Å². The lowest BCUT2D eigenvalue weighted by molar-refractivity contribution is 0.478. The third-order valence-electron chi connectivity index (χ3n) is 2.30. The van der Waals surface area contributed by atoms with Crippen LogP contribution in [0.1, 0.15) is 17.3 Å². The Hall–Kier alpha value is -2.04. The Bertz CT molecular complexity index is 473. The molecule has 0 amide bonds. The summed E-state index contributed by atoms with van der Waals surface area (Å²) in [6, 6.07) is 3.61. The second-order valence-corrected chi connectivity index (χ2v) is 3.57. The van der Waals surface area contributed by atoms with Gasteiger partial charge in [0.2, 0.25) is 5.89 Å². The molecule has 2 aromatic rings. The van der Waals surface area contributed by atoms with Crippen LogP contribution in [0, 0.1) is 13.8 Å². The van der Waals surface area contributed by atoms with Crippen LogP contribution < -0.4 is 11.1 Å². The standard InChI is InChI=1S/C11H14N4O/c1-7-8(2)16-11(15-7)6-14-9-3-4-13-10(12)5-9/h3-5H,6H2,1-2H3,(H3,12,13,14). The summed E-state index contributed by atoms with van der Waals surface area (Å²) in [5, 5.41) is 3.17. The number of aryl methyl sites for hydroxylation is 2. The Kier molecular flexibility index (Phi) is 2.76. The number of nitrogens with two attached hydrogens (primary N) is 1. The SMILES string of the molecule is Cc1nc(CNc2ccnc(N)c2)oc1C. The first-order valence-corrected chi connectivity index (χ1v) is 5.03. The smallest absolute Gasteiger partial charge is 0.213 e. The summed E-state index contributed by atoms with van der Waals surface area (Å²) in [5.74, 6) is 2.01. The minimum Gasteiger partial charge on any atom is -0.444 e. The first-order chi connectivity index (χ1) is 7.65. The van der Waals surface area contributed by atoms with E-state index in [4.69, 9.17) is 10.2 Å². The molecule has 2 rings (SSSR count). The van der Waals surface area contributed by atoms with Crippen LogP contribution in [0.2, 0.25) is 0 Å². The Balaban J connectivity index is 2.02. The van der Waals surface area contributed by atoms with Crippen LogP contribution in [0.25, 0.3) is 0 Å². The lowest BCUT2D eigenvalue weighted by atomic mass is 10.4. The molecule has 16 heavy (non-hydrogen) atoms. The lowest BCUT2D eigenvalue weighted by Crippen LogP contribution is -2.00. The van der Waals surface area contributed by atoms with Crippen molar-refractivity contribution in [3.8, 4) is 0 Å². The number of rotatable bonds is 3. The van der Waals surface area contributed by atoms with Gasteiger partial charge in [0.25, 0.3) is 0 Å². The predicted molar refractivity (Wildman–Crippen MR) is 62.0 cm³/mol. The van der Waals surface area contributed by atoms with Crippen LogP contribution in [0.5, 0.6) is 0 Å². The molecule has 0 aliphatic carbocycles. The number of nitrogen functional groups attached to an aromatic ring is 1. The van der Waals surface area contributed by atoms with Gasteiger partial charge in [-0.25, -0.2) is 9.97 Å². The van der Waals surface area contributed by atoms with Gasteiger partial charge in [-0.15, -0.1) is 0 Å². The second kappa shape index (κ2) is 4.22. The molecule has 0 aliphatic rings. The summed E-state index contributed by atoms with van der Waals surface area (Å²) < 4.78 is 5.45. The molecule has 84 valence electrons. The summed E-state index contributed by atoms with van der Waals surface area (Å²) in [4.78, 5) is 8.18. The number of hydrogen-bond acceptors (Lipinski definition) is 5. The first kappa shape index (κ1) is 10.5. The highest BCUT2D eigenvalue weighted by Gasteiger charge is 2.04. The van der Waals surface area contributed by atoms with Crippen molar-refractivity contribution in [2.24, 2.45) is 0 Å². The van der Waals surface area contributed by atoms with Gasteiger partial charge < -0.3 is 15.5 Å². The average Bonchev–Trinajstić information content (AvgIpc) is 2.56. The first-order valence-electron chi connectivity index (χ1n) is 5.03. The van der Waals surface area contributed by atoms with E-state index in [-0.39, 0.29) is 0 Å². The van der Waals surface area contributed by atoms with Crippen LogP contribution in [0.4, 0.5) is 11.5 Å². The molecule has 0 fully saturated rings. The third kappa shape index (κ3) is 2.31. The third-order valence-corrected chi connectivity index (χ3v) is 2.30. The molecule has 5 heteroatoms. The average molecular weight is 218 g/mol. The number of aromatic nitrogens is 2. The molecular weight excluding hydrogens is 204 g/mol. The number of anilines is 2. The normalized spacial score (nSPS) is 10.4. The van der Waals surface area contributed by atoms with E-state index < -0.39 is 0 Å². The van der Waals surface area contributed by atoms with Gasteiger partial charge >= 0.3 is 0 Å². The molecule has 3 N–H and O–H groups in total. The van der Waals surface area contributed by atoms with Crippen molar-refractivity contribution in [1.82, 2.24) is 9.97 Å².